The van der Waals surface area contributed by atoms with E-state index in [1.165, 1.54) is 0 Å². The van der Waals surface area contributed by atoms with Crippen molar-refractivity contribution in [3.63, 3.8) is 0 Å². The van der Waals surface area contributed by atoms with Gasteiger partial charge in [0.05, 0.1) is 6.61 Å². The van der Waals surface area contributed by atoms with Gasteiger partial charge in [-0.25, -0.2) is 4.79 Å². The molecule has 0 aliphatic rings. The topological polar surface area (TPSA) is 46.5 Å². The summed E-state index contributed by atoms with van der Waals surface area (Å²) in [6.45, 7) is 8.24. The van der Waals surface area contributed by atoms with Crippen molar-refractivity contribution in [3.05, 3.63) is 0 Å². The Balaban J connectivity index is 4.79. The van der Waals surface area contributed by atoms with E-state index in [0.29, 0.717) is 13.0 Å². The van der Waals surface area contributed by atoms with Gasteiger partial charge in [-0.3, -0.25) is 0 Å². The average Bonchev–Trinajstić information content (AvgIpc) is 2.30. The third-order valence-electron chi connectivity index (χ3n) is 3.33. The number of esters is 1. The standard InChI is InChI=1S/C14H28O3/c1-5-9-10-12(7-3)14(16,11-6-2)13(15)17-8-4/h12,16H,5-11H2,1-4H3. The van der Waals surface area contributed by atoms with Crippen LogP contribution in [0.25, 0.3) is 0 Å². The van der Waals surface area contributed by atoms with Crippen LogP contribution in [0.15, 0.2) is 0 Å². The minimum absolute atomic E-state index is 0.0152. The third kappa shape index (κ3) is 4.66. The zero-order valence-electron chi connectivity index (χ0n) is 11.8. The van der Waals surface area contributed by atoms with E-state index in [-0.39, 0.29) is 5.92 Å². The second-order valence-corrected chi connectivity index (χ2v) is 4.64. The predicted octanol–water partition coefficient (Wildman–Crippen LogP) is 3.30. The molecule has 1 N–H and O–H groups in total. The number of aliphatic hydroxyl groups is 1. The minimum Gasteiger partial charge on any atom is -0.464 e. The van der Waals surface area contributed by atoms with E-state index in [1.54, 1.807) is 6.92 Å². The van der Waals surface area contributed by atoms with Crippen LogP contribution in [-0.2, 0) is 9.53 Å². The van der Waals surface area contributed by atoms with Gasteiger partial charge in [-0.05, 0) is 32.1 Å². The monoisotopic (exact) mass is 244 g/mol. The molecule has 0 heterocycles. The summed E-state index contributed by atoms with van der Waals surface area (Å²) in [5.41, 5.74) is -1.28. The highest BCUT2D eigenvalue weighted by Crippen LogP contribution is 2.31. The van der Waals surface area contributed by atoms with E-state index < -0.39 is 11.6 Å². The number of hydrogen-bond acceptors (Lipinski definition) is 3. The lowest BCUT2D eigenvalue weighted by Gasteiger charge is -2.33. The van der Waals surface area contributed by atoms with Crippen molar-refractivity contribution in [2.45, 2.75) is 71.8 Å². The molecule has 0 saturated heterocycles. The molecule has 2 unspecified atom stereocenters. The Kier molecular flexibility index (Phi) is 8.23. The Morgan fingerprint density at radius 1 is 1.24 bits per heavy atom. The molecular weight excluding hydrogens is 216 g/mol. The summed E-state index contributed by atoms with van der Waals surface area (Å²) >= 11 is 0. The number of unbranched alkanes of at least 4 members (excludes halogenated alkanes) is 1. The van der Waals surface area contributed by atoms with Crippen molar-refractivity contribution in [3.8, 4) is 0 Å². The van der Waals surface area contributed by atoms with Crippen molar-refractivity contribution in [2.75, 3.05) is 6.61 Å². The van der Waals surface area contributed by atoms with Crippen LogP contribution in [0, 0.1) is 5.92 Å². The highest BCUT2D eigenvalue weighted by molar-refractivity contribution is 5.79. The number of hydrogen-bond donors (Lipinski definition) is 1. The van der Waals surface area contributed by atoms with E-state index in [2.05, 4.69) is 6.92 Å². The SMILES string of the molecule is CCCCC(CC)C(O)(CCC)C(=O)OCC. The van der Waals surface area contributed by atoms with E-state index in [9.17, 15) is 9.90 Å². The number of rotatable bonds is 9. The molecule has 0 radical (unpaired) electrons. The molecule has 0 spiro atoms. The fraction of sp³-hybridized carbons (Fsp3) is 0.929. The lowest BCUT2D eigenvalue weighted by Crippen LogP contribution is -2.47. The molecule has 0 rings (SSSR count). The zero-order chi connectivity index (χ0) is 13.3. The summed E-state index contributed by atoms with van der Waals surface area (Å²) in [6.07, 6.45) is 5.12. The summed E-state index contributed by atoms with van der Waals surface area (Å²) in [6, 6.07) is 0. The molecule has 102 valence electrons. The number of ether oxygens (including phenoxy) is 1. The van der Waals surface area contributed by atoms with Crippen molar-refractivity contribution >= 4 is 5.97 Å². The van der Waals surface area contributed by atoms with Crippen molar-refractivity contribution in [2.24, 2.45) is 5.92 Å². The lowest BCUT2D eigenvalue weighted by molar-refractivity contribution is -0.173. The van der Waals surface area contributed by atoms with Crippen molar-refractivity contribution in [1.29, 1.82) is 0 Å². The van der Waals surface area contributed by atoms with E-state index in [1.807, 2.05) is 13.8 Å². The van der Waals surface area contributed by atoms with Crippen LogP contribution in [0.4, 0.5) is 0 Å². The molecule has 0 fully saturated rings. The molecule has 0 bridgehead atoms. The quantitative estimate of drug-likeness (QED) is 0.633. The molecule has 0 saturated carbocycles. The fourth-order valence-electron chi connectivity index (χ4n) is 2.34. The molecule has 0 aliphatic heterocycles. The van der Waals surface area contributed by atoms with Crippen LogP contribution in [0.5, 0.6) is 0 Å². The Hall–Kier alpha value is -0.570. The minimum atomic E-state index is -1.28. The number of carbonyl (C=O) groups is 1. The molecular formula is C14H28O3. The molecule has 3 nitrogen and oxygen atoms in total. The lowest BCUT2D eigenvalue weighted by atomic mass is 9.79. The average molecular weight is 244 g/mol. The first-order chi connectivity index (χ1) is 8.06. The Bertz CT molecular complexity index is 216. The van der Waals surface area contributed by atoms with Gasteiger partial charge < -0.3 is 9.84 Å². The van der Waals surface area contributed by atoms with Gasteiger partial charge in [0.15, 0.2) is 5.60 Å². The maximum absolute atomic E-state index is 11.9. The van der Waals surface area contributed by atoms with Gasteiger partial charge in [0, 0.05) is 0 Å². The zero-order valence-corrected chi connectivity index (χ0v) is 11.8. The molecule has 0 aromatic carbocycles. The summed E-state index contributed by atoms with van der Waals surface area (Å²) in [5.74, 6) is -0.425. The van der Waals surface area contributed by atoms with Crippen LogP contribution in [0.2, 0.25) is 0 Å². The van der Waals surface area contributed by atoms with Gasteiger partial charge in [-0.2, -0.15) is 0 Å². The van der Waals surface area contributed by atoms with Crippen molar-refractivity contribution in [1.82, 2.24) is 0 Å². The first-order valence-electron chi connectivity index (χ1n) is 6.96. The predicted molar refractivity (Wildman–Crippen MR) is 69.8 cm³/mol. The summed E-state index contributed by atoms with van der Waals surface area (Å²) in [4.78, 5) is 11.9. The Morgan fingerprint density at radius 3 is 2.29 bits per heavy atom. The summed E-state index contributed by atoms with van der Waals surface area (Å²) in [7, 11) is 0. The third-order valence-corrected chi connectivity index (χ3v) is 3.33. The second kappa shape index (κ2) is 8.51. The molecule has 0 amide bonds. The van der Waals surface area contributed by atoms with Crippen LogP contribution in [0.1, 0.15) is 66.2 Å². The van der Waals surface area contributed by atoms with Crippen molar-refractivity contribution < 1.29 is 14.6 Å². The second-order valence-electron chi connectivity index (χ2n) is 4.64. The van der Waals surface area contributed by atoms with E-state index >= 15 is 0 Å². The van der Waals surface area contributed by atoms with Crippen LogP contribution in [0.3, 0.4) is 0 Å². The van der Waals surface area contributed by atoms with Crippen LogP contribution >= 0.6 is 0 Å². The molecule has 2 atom stereocenters. The summed E-state index contributed by atoms with van der Waals surface area (Å²) in [5, 5.41) is 10.6. The Labute approximate surface area is 106 Å². The van der Waals surface area contributed by atoms with Gasteiger partial charge in [0.25, 0.3) is 0 Å². The highest BCUT2D eigenvalue weighted by Gasteiger charge is 2.42. The van der Waals surface area contributed by atoms with Gasteiger partial charge >= 0.3 is 5.97 Å². The van der Waals surface area contributed by atoms with Gasteiger partial charge in [-0.15, -0.1) is 0 Å². The highest BCUT2D eigenvalue weighted by atomic mass is 16.5. The number of carbonyl (C=O) groups excluding carboxylic acids is 1. The maximum Gasteiger partial charge on any atom is 0.338 e. The maximum atomic E-state index is 11.9. The van der Waals surface area contributed by atoms with E-state index in [4.69, 9.17) is 4.74 Å². The van der Waals surface area contributed by atoms with Crippen LogP contribution in [-0.4, -0.2) is 23.3 Å². The smallest absolute Gasteiger partial charge is 0.338 e. The molecule has 17 heavy (non-hydrogen) atoms. The first-order valence-corrected chi connectivity index (χ1v) is 6.96. The van der Waals surface area contributed by atoms with Gasteiger partial charge in [0.1, 0.15) is 0 Å². The normalized spacial score (nSPS) is 16.3. The first kappa shape index (κ1) is 16.4. The van der Waals surface area contributed by atoms with Crippen LogP contribution < -0.4 is 0 Å². The largest absolute Gasteiger partial charge is 0.464 e. The molecule has 3 heteroatoms. The van der Waals surface area contributed by atoms with Gasteiger partial charge in [-0.1, -0.05) is 40.0 Å². The summed E-state index contributed by atoms with van der Waals surface area (Å²) < 4.78 is 5.03. The van der Waals surface area contributed by atoms with E-state index in [0.717, 1.165) is 32.1 Å². The molecule has 0 aromatic heterocycles. The Morgan fingerprint density at radius 2 is 1.88 bits per heavy atom. The fourth-order valence-corrected chi connectivity index (χ4v) is 2.34. The molecule has 0 aliphatic carbocycles. The molecule has 0 aromatic rings. The van der Waals surface area contributed by atoms with Gasteiger partial charge in [0.2, 0.25) is 0 Å².